The largest absolute Gasteiger partial charge is 0.475 e. The SMILES string of the molecule is Cc1ccc(C#N)cc1NCc1ccoc1C(=O)O. The minimum absolute atomic E-state index is 0.0680. The number of nitriles is 1. The number of aryl methyl sites for hydroxylation is 1. The van der Waals surface area contributed by atoms with Crippen molar-refractivity contribution in [2.24, 2.45) is 0 Å². The third kappa shape index (κ3) is 2.75. The molecule has 2 rings (SSSR count). The molecule has 0 saturated heterocycles. The lowest BCUT2D eigenvalue weighted by molar-refractivity contribution is 0.0661. The van der Waals surface area contributed by atoms with Crippen LogP contribution in [0.15, 0.2) is 34.9 Å². The number of carbonyl (C=O) groups is 1. The molecule has 19 heavy (non-hydrogen) atoms. The van der Waals surface area contributed by atoms with Crippen LogP contribution in [0.25, 0.3) is 0 Å². The first-order valence-corrected chi connectivity index (χ1v) is 5.66. The van der Waals surface area contributed by atoms with Gasteiger partial charge in [0.1, 0.15) is 0 Å². The first-order chi connectivity index (χ1) is 9.11. The van der Waals surface area contributed by atoms with Crippen molar-refractivity contribution in [3.8, 4) is 6.07 Å². The fraction of sp³-hybridized carbons (Fsp3) is 0.143. The number of nitrogens with zero attached hydrogens (tertiary/aromatic N) is 1. The Morgan fingerprint density at radius 2 is 2.26 bits per heavy atom. The van der Waals surface area contributed by atoms with Gasteiger partial charge in [0.15, 0.2) is 0 Å². The van der Waals surface area contributed by atoms with E-state index < -0.39 is 5.97 Å². The minimum Gasteiger partial charge on any atom is -0.475 e. The maximum Gasteiger partial charge on any atom is 0.372 e. The van der Waals surface area contributed by atoms with Crippen molar-refractivity contribution in [1.29, 1.82) is 5.26 Å². The fourth-order valence-electron chi connectivity index (χ4n) is 1.73. The highest BCUT2D eigenvalue weighted by atomic mass is 16.4. The first kappa shape index (κ1) is 12.7. The van der Waals surface area contributed by atoms with Crippen LogP contribution >= 0.6 is 0 Å². The highest BCUT2D eigenvalue weighted by molar-refractivity contribution is 5.86. The molecule has 0 amide bonds. The number of carboxylic acids is 1. The molecule has 1 heterocycles. The van der Waals surface area contributed by atoms with E-state index in [1.54, 1.807) is 18.2 Å². The smallest absolute Gasteiger partial charge is 0.372 e. The lowest BCUT2D eigenvalue weighted by atomic mass is 10.1. The summed E-state index contributed by atoms with van der Waals surface area (Å²) in [6.07, 6.45) is 1.35. The number of hydrogen-bond acceptors (Lipinski definition) is 4. The van der Waals surface area contributed by atoms with Crippen molar-refractivity contribution in [3.05, 3.63) is 53.0 Å². The summed E-state index contributed by atoms with van der Waals surface area (Å²) in [5.74, 6) is -1.16. The average Bonchev–Trinajstić information content (AvgIpc) is 2.86. The topological polar surface area (TPSA) is 86.3 Å². The molecule has 0 aliphatic carbocycles. The number of rotatable bonds is 4. The van der Waals surface area contributed by atoms with E-state index in [0.717, 1.165) is 11.3 Å². The van der Waals surface area contributed by atoms with Gasteiger partial charge in [0.2, 0.25) is 5.76 Å². The zero-order valence-electron chi connectivity index (χ0n) is 10.3. The van der Waals surface area contributed by atoms with Gasteiger partial charge >= 0.3 is 5.97 Å². The van der Waals surface area contributed by atoms with Crippen molar-refractivity contribution in [1.82, 2.24) is 0 Å². The molecular weight excluding hydrogens is 244 g/mol. The Labute approximate surface area is 110 Å². The van der Waals surface area contributed by atoms with Crippen molar-refractivity contribution in [2.45, 2.75) is 13.5 Å². The van der Waals surface area contributed by atoms with Crippen LogP contribution in [0.1, 0.15) is 27.2 Å². The zero-order valence-corrected chi connectivity index (χ0v) is 10.3. The molecule has 5 nitrogen and oxygen atoms in total. The second-order valence-electron chi connectivity index (χ2n) is 4.08. The lowest BCUT2D eigenvalue weighted by Crippen LogP contribution is -2.05. The quantitative estimate of drug-likeness (QED) is 0.878. The molecule has 0 atom stereocenters. The summed E-state index contributed by atoms with van der Waals surface area (Å²) < 4.78 is 4.90. The molecule has 0 saturated carbocycles. The Bertz CT molecular complexity index is 653. The van der Waals surface area contributed by atoms with Crippen LogP contribution in [0, 0.1) is 18.3 Å². The fourth-order valence-corrected chi connectivity index (χ4v) is 1.73. The van der Waals surface area contributed by atoms with Gasteiger partial charge in [-0.05, 0) is 30.7 Å². The molecule has 96 valence electrons. The number of nitrogens with one attached hydrogen (secondary N) is 1. The number of carboxylic acid groups (broad SMARTS) is 1. The Morgan fingerprint density at radius 1 is 1.47 bits per heavy atom. The molecule has 0 aliphatic heterocycles. The predicted molar refractivity (Wildman–Crippen MR) is 68.9 cm³/mol. The van der Waals surface area contributed by atoms with E-state index in [9.17, 15) is 4.79 Å². The highest BCUT2D eigenvalue weighted by Crippen LogP contribution is 2.19. The van der Waals surface area contributed by atoms with E-state index in [4.69, 9.17) is 14.8 Å². The number of hydrogen-bond donors (Lipinski definition) is 2. The maximum absolute atomic E-state index is 10.9. The van der Waals surface area contributed by atoms with Gasteiger partial charge in [-0.1, -0.05) is 6.07 Å². The Morgan fingerprint density at radius 3 is 2.95 bits per heavy atom. The van der Waals surface area contributed by atoms with Gasteiger partial charge < -0.3 is 14.8 Å². The maximum atomic E-state index is 10.9. The molecular formula is C14H12N2O3. The molecule has 1 aromatic carbocycles. The summed E-state index contributed by atoms with van der Waals surface area (Å²) in [4.78, 5) is 10.9. The van der Waals surface area contributed by atoms with Gasteiger partial charge in [-0.15, -0.1) is 0 Å². The summed E-state index contributed by atoms with van der Waals surface area (Å²) in [7, 11) is 0. The molecule has 0 radical (unpaired) electrons. The van der Waals surface area contributed by atoms with Crippen LogP contribution < -0.4 is 5.32 Å². The third-order valence-corrected chi connectivity index (χ3v) is 2.78. The van der Waals surface area contributed by atoms with E-state index in [0.29, 0.717) is 17.7 Å². The van der Waals surface area contributed by atoms with Gasteiger partial charge in [-0.2, -0.15) is 5.26 Å². The first-order valence-electron chi connectivity index (χ1n) is 5.66. The molecule has 2 aromatic rings. The number of benzene rings is 1. The summed E-state index contributed by atoms with van der Waals surface area (Å²) in [5.41, 5.74) is 2.91. The standard InChI is InChI=1S/C14H12N2O3/c1-9-2-3-10(7-15)6-12(9)16-8-11-4-5-19-13(11)14(17)18/h2-6,16H,8H2,1H3,(H,17,18). The van der Waals surface area contributed by atoms with Crippen molar-refractivity contribution in [2.75, 3.05) is 5.32 Å². The Kier molecular flexibility index (Phi) is 3.53. The zero-order chi connectivity index (χ0) is 13.8. The van der Waals surface area contributed by atoms with Crippen LogP contribution in [0.5, 0.6) is 0 Å². The average molecular weight is 256 g/mol. The molecule has 1 aromatic heterocycles. The van der Waals surface area contributed by atoms with Crippen LogP contribution in [0.4, 0.5) is 5.69 Å². The van der Waals surface area contributed by atoms with Gasteiger partial charge in [0, 0.05) is 17.8 Å². The van der Waals surface area contributed by atoms with Gasteiger partial charge in [0.05, 0.1) is 17.9 Å². The van der Waals surface area contributed by atoms with E-state index in [1.165, 1.54) is 6.26 Å². The Hall–Kier alpha value is -2.74. The highest BCUT2D eigenvalue weighted by Gasteiger charge is 2.13. The van der Waals surface area contributed by atoms with E-state index >= 15 is 0 Å². The Balaban J connectivity index is 2.17. The van der Waals surface area contributed by atoms with Crippen LogP contribution in [-0.4, -0.2) is 11.1 Å². The second kappa shape index (κ2) is 5.27. The normalized spacial score (nSPS) is 9.89. The van der Waals surface area contributed by atoms with E-state index in [-0.39, 0.29) is 5.76 Å². The van der Waals surface area contributed by atoms with Crippen molar-refractivity contribution < 1.29 is 14.3 Å². The molecule has 2 N–H and O–H groups in total. The number of aromatic carboxylic acids is 1. The molecule has 0 unspecified atom stereocenters. The van der Waals surface area contributed by atoms with E-state index in [1.807, 2.05) is 13.0 Å². The van der Waals surface area contributed by atoms with Gasteiger partial charge in [0.25, 0.3) is 0 Å². The molecule has 0 aliphatic rings. The summed E-state index contributed by atoms with van der Waals surface area (Å²) in [5, 5.41) is 20.9. The number of furan rings is 1. The third-order valence-electron chi connectivity index (χ3n) is 2.78. The summed E-state index contributed by atoms with van der Waals surface area (Å²) in [6, 6.07) is 8.99. The monoisotopic (exact) mass is 256 g/mol. The lowest BCUT2D eigenvalue weighted by Gasteiger charge is -2.09. The molecule has 0 fully saturated rings. The molecule has 0 spiro atoms. The second-order valence-corrected chi connectivity index (χ2v) is 4.08. The number of anilines is 1. The van der Waals surface area contributed by atoms with Crippen LogP contribution in [0.3, 0.4) is 0 Å². The molecule has 0 bridgehead atoms. The van der Waals surface area contributed by atoms with Crippen molar-refractivity contribution in [3.63, 3.8) is 0 Å². The summed E-state index contributed by atoms with van der Waals surface area (Å²) in [6.45, 7) is 2.24. The van der Waals surface area contributed by atoms with Crippen molar-refractivity contribution >= 4 is 11.7 Å². The van der Waals surface area contributed by atoms with E-state index in [2.05, 4.69) is 11.4 Å². The minimum atomic E-state index is -1.09. The molecule has 5 heteroatoms. The van der Waals surface area contributed by atoms with Gasteiger partial charge in [-0.3, -0.25) is 0 Å². The van der Waals surface area contributed by atoms with Crippen LogP contribution in [-0.2, 0) is 6.54 Å². The van der Waals surface area contributed by atoms with Crippen LogP contribution in [0.2, 0.25) is 0 Å². The predicted octanol–water partition coefficient (Wildman–Crippen LogP) is 2.77. The summed E-state index contributed by atoms with van der Waals surface area (Å²) >= 11 is 0. The van der Waals surface area contributed by atoms with Gasteiger partial charge in [-0.25, -0.2) is 4.79 Å².